The topological polar surface area (TPSA) is 127 Å². The molecule has 1 aliphatic heterocycles. The average molecular weight is 543 g/mol. The van der Waals surface area contributed by atoms with E-state index in [1.54, 1.807) is 18.6 Å². The van der Waals surface area contributed by atoms with Gasteiger partial charge in [-0.15, -0.1) is 10.2 Å². The molecule has 2 aromatic carbocycles. The number of aromatic nitrogens is 5. The van der Waals surface area contributed by atoms with Crippen LogP contribution in [0.3, 0.4) is 0 Å². The summed E-state index contributed by atoms with van der Waals surface area (Å²) in [6.07, 6.45) is 7.77. The summed E-state index contributed by atoms with van der Waals surface area (Å²) >= 11 is 0. The van der Waals surface area contributed by atoms with E-state index in [1.165, 1.54) is 0 Å². The summed E-state index contributed by atoms with van der Waals surface area (Å²) in [6, 6.07) is 18.9. The molecule has 1 fully saturated rings. The van der Waals surface area contributed by atoms with Crippen LogP contribution >= 0.6 is 0 Å². The lowest BCUT2D eigenvalue weighted by Crippen LogP contribution is -2.23. The number of pyridine rings is 1. The summed E-state index contributed by atoms with van der Waals surface area (Å²) in [6.45, 7) is -0.162. The summed E-state index contributed by atoms with van der Waals surface area (Å²) in [5, 5.41) is 18.3. The van der Waals surface area contributed by atoms with Gasteiger partial charge >= 0.3 is 0 Å². The van der Waals surface area contributed by atoms with E-state index in [9.17, 15) is 9.90 Å². The number of fused-ring (bicyclic) bond motifs is 1. The maximum atomic E-state index is 13.4. The zero-order valence-electron chi connectivity index (χ0n) is 22.1. The molecule has 4 heterocycles. The molecule has 1 aliphatic carbocycles. The number of aliphatic hydroxyl groups excluding tert-OH is 1. The van der Waals surface area contributed by atoms with Crippen LogP contribution in [0.1, 0.15) is 52.7 Å². The molecule has 2 aliphatic rings. The van der Waals surface area contributed by atoms with Crippen molar-refractivity contribution in [2.24, 2.45) is 4.99 Å². The normalized spacial score (nSPS) is 16.7. The highest BCUT2D eigenvalue weighted by Gasteiger charge is 2.29. The number of benzene rings is 2. The Kier molecular flexibility index (Phi) is 6.48. The fourth-order valence-corrected chi connectivity index (χ4v) is 5.11. The molecule has 0 bridgehead atoms. The highest BCUT2D eigenvalue weighted by Crippen LogP contribution is 2.38. The summed E-state index contributed by atoms with van der Waals surface area (Å²) in [5.41, 5.74) is 6.13. The van der Waals surface area contributed by atoms with Crippen LogP contribution < -0.4 is 0 Å². The largest absolute Gasteiger partial charge is 0.419 e. The maximum Gasteiger partial charge on any atom is 0.266 e. The Hall–Kier alpha value is -4.89. The molecule has 41 heavy (non-hydrogen) atoms. The first kappa shape index (κ1) is 25.1. The Labute approximate surface area is 236 Å². The SMILES string of the molecule is O=C1Cc2ccccc2C(c2ccccc2)=N[C@@H]1Cc1nnc(-c2ncc(CO)cc2-c2cnc(C3CC3)nc2)o1. The lowest BCUT2D eigenvalue weighted by molar-refractivity contribution is -0.119. The molecule has 0 amide bonds. The first-order chi connectivity index (χ1) is 20.2. The second-order valence-electron chi connectivity index (χ2n) is 10.4. The van der Waals surface area contributed by atoms with E-state index in [4.69, 9.17) is 9.41 Å². The van der Waals surface area contributed by atoms with Gasteiger partial charge in [-0.25, -0.2) is 9.97 Å². The van der Waals surface area contributed by atoms with Crippen LogP contribution in [0, 0.1) is 0 Å². The van der Waals surface area contributed by atoms with Gasteiger partial charge in [0.15, 0.2) is 5.78 Å². The minimum absolute atomic E-state index is 0.0119. The smallest absolute Gasteiger partial charge is 0.266 e. The first-order valence-electron chi connectivity index (χ1n) is 13.7. The lowest BCUT2D eigenvalue weighted by atomic mass is 9.95. The molecule has 7 rings (SSSR count). The van der Waals surface area contributed by atoms with Gasteiger partial charge in [-0.3, -0.25) is 14.8 Å². The number of Topliss-reactive ketones (excluding diaryl/α,β-unsaturated/α-hetero) is 1. The van der Waals surface area contributed by atoms with Crippen molar-refractivity contribution >= 4 is 11.5 Å². The fourth-order valence-electron chi connectivity index (χ4n) is 5.11. The van der Waals surface area contributed by atoms with Crippen LogP contribution in [0.25, 0.3) is 22.7 Å². The number of carbonyl (C=O) groups is 1. The minimum atomic E-state index is -0.682. The molecule has 1 atom stereocenters. The number of aliphatic hydroxyl groups is 1. The predicted octanol–water partition coefficient (Wildman–Crippen LogP) is 4.53. The molecule has 3 aromatic heterocycles. The number of nitrogens with zero attached hydrogens (tertiary/aromatic N) is 6. The van der Waals surface area contributed by atoms with Crippen molar-refractivity contribution in [2.45, 2.75) is 44.2 Å². The van der Waals surface area contributed by atoms with Gasteiger partial charge in [0, 0.05) is 53.2 Å². The number of rotatable bonds is 7. The third-order valence-corrected chi connectivity index (χ3v) is 7.43. The molecule has 9 nitrogen and oxygen atoms in total. The van der Waals surface area contributed by atoms with Crippen molar-refractivity contribution in [3.05, 3.63) is 113 Å². The van der Waals surface area contributed by atoms with Crippen LogP contribution in [-0.4, -0.2) is 47.8 Å². The Bertz CT molecular complexity index is 1760. The number of carbonyl (C=O) groups excluding carboxylic acids is 1. The van der Waals surface area contributed by atoms with Crippen molar-refractivity contribution < 1.29 is 14.3 Å². The third-order valence-electron chi connectivity index (χ3n) is 7.43. The van der Waals surface area contributed by atoms with Gasteiger partial charge in [0.1, 0.15) is 17.6 Å². The standard InChI is InChI=1S/C32H26N6O3/c39-18-19-12-25(23-16-34-31(35-17-23)21-10-11-21)30(33-15-19)32-38-37-28(41-32)14-26-27(40)13-22-8-4-5-9-24(22)29(36-26)20-6-2-1-3-7-20/h1-9,12,15-17,21,26,39H,10-11,13-14,18H2/t26-/m1/s1. The van der Waals surface area contributed by atoms with Gasteiger partial charge in [-0.1, -0.05) is 54.6 Å². The maximum absolute atomic E-state index is 13.4. The zero-order valence-corrected chi connectivity index (χ0v) is 22.1. The molecule has 1 N–H and O–H groups in total. The Morgan fingerprint density at radius 1 is 0.854 bits per heavy atom. The fraction of sp³-hybridized carbons (Fsp3) is 0.219. The van der Waals surface area contributed by atoms with Gasteiger partial charge in [0.05, 0.1) is 18.7 Å². The zero-order chi connectivity index (χ0) is 27.8. The van der Waals surface area contributed by atoms with E-state index in [0.717, 1.165) is 46.6 Å². The van der Waals surface area contributed by atoms with E-state index >= 15 is 0 Å². The van der Waals surface area contributed by atoms with E-state index in [1.807, 2.05) is 60.7 Å². The number of aliphatic imine (C=N–C) groups is 1. The Balaban J connectivity index is 1.22. The molecule has 1 saturated carbocycles. The van der Waals surface area contributed by atoms with Gasteiger partial charge in [-0.05, 0) is 30.0 Å². The monoisotopic (exact) mass is 542 g/mol. The van der Waals surface area contributed by atoms with Crippen LogP contribution in [0.15, 0.2) is 88.7 Å². The van der Waals surface area contributed by atoms with Crippen molar-refractivity contribution in [1.82, 2.24) is 25.1 Å². The minimum Gasteiger partial charge on any atom is -0.419 e. The van der Waals surface area contributed by atoms with Gasteiger partial charge < -0.3 is 9.52 Å². The lowest BCUT2D eigenvalue weighted by Gasteiger charge is -2.10. The molecular weight excluding hydrogens is 516 g/mol. The van der Waals surface area contributed by atoms with Gasteiger partial charge in [0.2, 0.25) is 5.89 Å². The summed E-state index contributed by atoms with van der Waals surface area (Å²) in [7, 11) is 0. The molecule has 202 valence electrons. The van der Waals surface area contributed by atoms with Crippen molar-refractivity contribution in [3.8, 4) is 22.7 Å². The highest BCUT2D eigenvalue weighted by atomic mass is 16.4. The first-order valence-corrected chi connectivity index (χ1v) is 13.7. The number of ketones is 1. The Morgan fingerprint density at radius 3 is 2.41 bits per heavy atom. The predicted molar refractivity (Wildman–Crippen MR) is 151 cm³/mol. The second-order valence-corrected chi connectivity index (χ2v) is 10.4. The molecule has 0 saturated heterocycles. The Morgan fingerprint density at radius 2 is 1.63 bits per heavy atom. The van der Waals surface area contributed by atoms with Crippen molar-refractivity contribution in [2.75, 3.05) is 0 Å². The van der Waals surface area contributed by atoms with Crippen LogP contribution in [0.5, 0.6) is 0 Å². The van der Waals surface area contributed by atoms with Crippen molar-refractivity contribution in [1.29, 1.82) is 0 Å². The third kappa shape index (κ3) is 5.07. The number of hydrogen-bond donors (Lipinski definition) is 1. The molecular formula is C32H26N6O3. The van der Waals surface area contributed by atoms with Crippen molar-refractivity contribution in [3.63, 3.8) is 0 Å². The van der Waals surface area contributed by atoms with E-state index in [2.05, 4.69) is 25.1 Å². The molecule has 0 unspecified atom stereocenters. The summed E-state index contributed by atoms with van der Waals surface area (Å²) < 4.78 is 6.08. The van der Waals surface area contributed by atoms with Gasteiger partial charge in [0.25, 0.3) is 5.89 Å². The molecule has 9 heteroatoms. The van der Waals surface area contributed by atoms with Crippen LogP contribution in [0.2, 0.25) is 0 Å². The summed E-state index contributed by atoms with van der Waals surface area (Å²) in [4.78, 5) is 31.9. The number of hydrogen-bond acceptors (Lipinski definition) is 9. The van der Waals surface area contributed by atoms with E-state index < -0.39 is 6.04 Å². The second kappa shape index (κ2) is 10.6. The molecule has 5 aromatic rings. The van der Waals surface area contributed by atoms with E-state index in [0.29, 0.717) is 28.6 Å². The van der Waals surface area contributed by atoms with Crippen LogP contribution in [0.4, 0.5) is 0 Å². The molecule has 0 radical (unpaired) electrons. The van der Waals surface area contributed by atoms with Gasteiger partial charge in [-0.2, -0.15) is 0 Å². The summed E-state index contributed by atoms with van der Waals surface area (Å²) in [5.74, 6) is 1.77. The van der Waals surface area contributed by atoms with E-state index in [-0.39, 0.29) is 31.1 Å². The average Bonchev–Trinajstić information content (AvgIpc) is 3.79. The van der Waals surface area contributed by atoms with Crippen LogP contribution in [-0.2, 0) is 24.2 Å². The molecule has 0 spiro atoms. The highest BCUT2D eigenvalue weighted by molar-refractivity contribution is 6.16. The quantitative estimate of drug-likeness (QED) is 0.318.